The Labute approximate surface area is 165 Å². The van der Waals surface area contributed by atoms with E-state index in [1.807, 2.05) is 4.83 Å². The van der Waals surface area contributed by atoms with E-state index in [2.05, 4.69) is 5.43 Å². The summed E-state index contributed by atoms with van der Waals surface area (Å²) in [5, 5.41) is 0. The maximum Gasteiger partial charge on any atom is 0.266 e. The number of sulfonamides is 1. The van der Waals surface area contributed by atoms with Crippen LogP contribution in [0.4, 0.5) is 0 Å². The van der Waals surface area contributed by atoms with Crippen molar-refractivity contribution in [1.29, 1.82) is 0 Å². The highest BCUT2D eigenvalue weighted by Crippen LogP contribution is 2.24. The van der Waals surface area contributed by atoms with Gasteiger partial charge in [0, 0.05) is 5.75 Å². The molecule has 0 unspecified atom stereocenters. The number of carbonyl (C=O) groups excluding carboxylic acids is 1. The standard InChI is InChI=1S/C14H15ClN2O5S4/c15-12-6-7-14(24-12)26(21,22)17-16-13(18)10-23-8-9-25(19,20)11-4-2-1-3-5-11/h1-7,17H,8-10H2,(H,16,18). The second kappa shape index (κ2) is 9.20. The molecule has 2 N–H and O–H groups in total. The third-order valence-electron chi connectivity index (χ3n) is 2.97. The third kappa shape index (κ3) is 6.25. The first-order chi connectivity index (χ1) is 12.2. The lowest BCUT2D eigenvalue weighted by Crippen LogP contribution is -2.42. The molecule has 0 atom stereocenters. The molecule has 0 aliphatic carbocycles. The molecule has 1 aromatic heterocycles. The first kappa shape index (κ1) is 21.2. The maximum absolute atomic E-state index is 12.1. The Morgan fingerprint density at radius 2 is 1.77 bits per heavy atom. The number of sulfone groups is 1. The zero-order chi connectivity index (χ0) is 19.2. The second-order valence-electron chi connectivity index (χ2n) is 4.90. The predicted octanol–water partition coefficient (Wildman–Crippen LogP) is 1.92. The van der Waals surface area contributed by atoms with Crippen LogP contribution in [0.5, 0.6) is 0 Å². The Balaban J connectivity index is 1.74. The zero-order valence-electron chi connectivity index (χ0n) is 13.2. The smallest absolute Gasteiger partial charge is 0.266 e. The number of carbonyl (C=O) groups is 1. The molecule has 0 spiro atoms. The molecule has 7 nitrogen and oxygen atoms in total. The van der Waals surface area contributed by atoms with E-state index in [9.17, 15) is 21.6 Å². The summed E-state index contributed by atoms with van der Waals surface area (Å²) < 4.78 is 48.3. The van der Waals surface area contributed by atoms with E-state index in [4.69, 9.17) is 11.6 Å². The fourth-order valence-corrected chi connectivity index (χ4v) is 6.63. The monoisotopic (exact) mass is 454 g/mol. The summed E-state index contributed by atoms with van der Waals surface area (Å²) >= 11 is 7.63. The van der Waals surface area contributed by atoms with Gasteiger partial charge in [0.15, 0.2) is 9.84 Å². The predicted molar refractivity (Wildman–Crippen MR) is 104 cm³/mol. The maximum atomic E-state index is 12.1. The van der Waals surface area contributed by atoms with Crippen molar-refractivity contribution < 1.29 is 21.6 Å². The van der Waals surface area contributed by atoms with Gasteiger partial charge in [-0.25, -0.2) is 16.8 Å². The van der Waals surface area contributed by atoms with Crippen molar-refractivity contribution >= 4 is 60.5 Å². The average Bonchev–Trinajstić information content (AvgIpc) is 3.05. The second-order valence-corrected chi connectivity index (χ2v) is 11.7. The molecular weight excluding hydrogens is 440 g/mol. The van der Waals surface area contributed by atoms with Gasteiger partial charge in [0.1, 0.15) is 4.21 Å². The molecule has 1 aromatic carbocycles. The molecule has 1 amide bonds. The van der Waals surface area contributed by atoms with E-state index in [0.29, 0.717) is 4.34 Å². The lowest BCUT2D eigenvalue weighted by Gasteiger charge is -2.07. The number of hydrogen-bond acceptors (Lipinski definition) is 7. The fourth-order valence-electron chi connectivity index (χ4n) is 1.73. The van der Waals surface area contributed by atoms with Gasteiger partial charge in [-0.15, -0.1) is 16.2 Å². The van der Waals surface area contributed by atoms with Crippen LogP contribution in [0.2, 0.25) is 4.34 Å². The van der Waals surface area contributed by atoms with E-state index < -0.39 is 25.8 Å². The lowest BCUT2D eigenvalue weighted by atomic mass is 10.4. The van der Waals surface area contributed by atoms with Crippen molar-refractivity contribution in [3.63, 3.8) is 0 Å². The van der Waals surface area contributed by atoms with Gasteiger partial charge in [-0.05, 0) is 24.3 Å². The highest BCUT2D eigenvalue weighted by molar-refractivity contribution is 8.01. The van der Waals surface area contributed by atoms with E-state index >= 15 is 0 Å². The summed E-state index contributed by atoms with van der Waals surface area (Å²) in [5.74, 6) is -0.581. The average molecular weight is 455 g/mol. The summed E-state index contributed by atoms with van der Waals surface area (Å²) in [6.45, 7) is 0. The Kier molecular flexibility index (Phi) is 7.50. The van der Waals surface area contributed by atoms with Crippen LogP contribution in [-0.2, 0) is 24.7 Å². The molecule has 0 saturated heterocycles. The molecule has 0 aliphatic rings. The van der Waals surface area contributed by atoms with Crippen LogP contribution >= 0.6 is 34.7 Å². The van der Waals surface area contributed by atoms with E-state index in [-0.39, 0.29) is 26.4 Å². The largest absolute Gasteiger partial charge is 0.277 e. The number of hydrogen-bond donors (Lipinski definition) is 2. The molecule has 0 aliphatic heterocycles. The lowest BCUT2D eigenvalue weighted by molar-refractivity contribution is -0.119. The van der Waals surface area contributed by atoms with Crippen molar-refractivity contribution in [2.75, 3.05) is 17.3 Å². The van der Waals surface area contributed by atoms with Gasteiger partial charge in [-0.3, -0.25) is 10.2 Å². The molecular formula is C14H15ClN2O5S4. The number of nitrogens with one attached hydrogen (secondary N) is 2. The minimum absolute atomic E-state index is 0.0237. The molecule has 12 heteroatoms. The molecule has 2 aromatic rings. The van der Waals surface area contributed by atoms with Gasteiger partial charge in [-0.1, -0.05) is 29.8 Å². The fraction of sp³-hybridized carbons (Fsp3) is 0.214. The molecule has 0 saturated carbocycles. The van der Waals surface area contributed by atoms with Crippen LogP contribution in [-0.4, -0.2) is 40.0 Å². The van der Waals surface area contributed by atoms with E-state index in [0.717, 1.165) is 23.1 Å². The number of amides is 1. The summed E-state index contributed by atoms with van der Waals surface area (Å²) in [5.41, 5.74) is 2.08. The number of thioether (sulfide) groups is 1. The van der Waals surface area contributed by atoms with Gasteiger partial charge in [0.25, 0.3) is 10.0 Å². The van der Waals surface area contributed by atoms with Gasteiger partial charge >= 0.3 is 0 Å². The third-order valence-corrected chi connectivity index (χ3v) is 8.89. The zero-order valence-corrected chi connectivity index (χ0v) is 17.2. The summed E-state index contributed by atoms with van der Waals surface area (Å²) in [6.07, 6.45) is 0. The van der Waals surface area contributed by atoms with Gasteiger partial charge in [0.05, 0.1) is 20.7 Å². The number of rotatable bonds is 9. The minimum atomic E-state index is -3.88. The molecule has 0 bridgehead atoms. The number of thiophene rings is 1. The molecule has 142 valence electrons. The van der Waals surface area contributed by atoms with Gasteiger partial charge in [-0.2, -0.15) is 11.8 Å². The van der Waals surface area contributed by atoms with Crippen molar-refractivity contribution in [3.05, 3.63) is 46.8 Å². The Bertz CT molecular complexity index is 958. The Morgan fingerprint density at radius 1 is 1.08 bits per heavy atom. The normalized spacial score (nSPS) is 12.0. The number of hydrazine groups is 1. The first-order valence-electron chi connectivity index (χ1n) is 7.12. The molecule has 26 heavy (non-hydrogen) atoms. The Morgan fingerprint density at radius 3 is 2.38 bits per heavy atom. The first-order valence-corrected chi connectivity index (χ1v) is 12.6. The molecule has 0 fully saturated rings. The van der Waals surface area contributed by atoms with Crippen molar-refractivity contribution in [3.8, 4) is 0 Å². The van der Waals surface area contributed by atoms with Gasteiger partial charge in [0.2, 0.25) is 5.91 Å². The molecule has 1 heterocycles. The Hall–Kier alpha value is -1.11. The van der Waals surface area contributed by atoms with Crippen molar-refractivity contribution in [1.82, 2.24) is 10.3 Å². The highest BCUT2D eigenvalue weighted by atomic mass is 35.5. The molecule has 2 rings (SSSR count). The SMILES string of the molecule is O=C(CSCCS(=O)(=O)c1ccccc1)NNS(=O)(=O)c1ccc(Cl)s1. The highest BCUT2D eigenvalue weighted by Gasteiger charge is 2.18. The van der Waals surface area contributed by atoms with Crippen LogP contribution < -0.4 is 10.3 Å². The van der Waals surface area contributed by atoms with Crippen molar-refractivity contribution in [2.24, 2.45) is 0 Å². The van der Waals surface area contributed by atoms with Crippen LogP contribution in [0.25, 0.3) is 0 Å². The van der Waals surface area contributed by atoms with E-state index in [1.165, 1.54) is 24.3 Å². The topological polar surface area (TPSA) is 109 Å². The number of benzene rings is 1. The number of halogens is 1. The summed E-state index contributed by atoms with van der Waals surface area (Å²) in [4.78, 5) is 13.9. The van der Waals surface area contributed by atoms with Crippen LogP contribution in [0.1, 0.15) is 0 Å². The van der Waals surface area contributed by atoms with E-state index in [1.54, 1.807) is 18.2 Å². The minimum Gasteiger partial charge on any atom is -0.277 e. The molecule has 0 radical (unpaired) electrons. The van der Waals surface area contributed by atoms with Crippen LogP contribution in [0, 0.1) is 0 Å². The van der Waals surface area contributed by atoms with Gasteiger partial charge < -0.3 is 0 Å². The summed E-state index contributed by atoms with van der Waals surface area (Å²) in [7, 11) is -7.28. The van der Waals surface area contributed by atoms with Crippen LogP contribution in [0.15, 0.2) is 51.6 Å². The quantitative estimate of drug-likeness (QED) is 0.442. The van der Waals surface area contributed by atoms with Crippen LogP contribution in [0.3, 0.4) is 0 Å². The summed E-state index contributed by atoms with van der Waals surface area (Å²) in [6, 6.07) is 10.8. The van der Waals surface area contributed by atoms with Crippen molar-refractivity contribution in [2.45, 2.75) is 9.10 Å².